The Hall–Kier alpha value is -2.44. The number of benzene rings is 2. The van der Waals surface area contributed by atoms with Crippen molar-refractivity contribution in [3.63, 3.8) is 0 Å². The number of halogens is 2. The largest absolute Gasteiger partial charge is 0.320 e. The molecule has 2 aromatic carbocycles. The van der Waals surface area contributed by atoms with Crippen LogP contribution in [-0.4, -0.2) is 16.5 Å². The highest BCUT2D eigenvalue weighted by molar-refractivity contribution is 6.54. The summed E-state index contributed by atoms with van der Waals surface area (Å²) in [5, 5.41) is 14.1. The summed E-state index contributed by atoms with van der Waals surface area (Å²) in [6.07, 6.45) is 0. The molecule has 110 valence electrons. The number of carbonyl (C=O) groups is 1. The summed E-state index contributed by atoms with van der Waals surface area (Å²) in [5.41, 5.74) is 1.27. The third-order valence-electron chi connectivity index (χ3n) is 3.08. The molecule has 0 fully saturated rings. The Morgan fingerprint density at radius 3 is 2.55 bits per heavy atom. The van der Waals surface area contributed by atoms with E-state index < -0.39 is 10.8 Å². The quantitative estimate of drug-likeness (QED) is 0.665. The Labute approximate surface area is 134 Å². The number of non-ortho nitro benzene ring substituents is 1. The fourth-order valence-electron chi connectivity index (χ4n) is 2.05. The maximum absolute atomic E-state index is 12.0. The summed E-state index contributed by atoms with van der Waals surface area (Å²) in [7, 11) is 0. The van der Waals surface area contributed by atoms with Crippen molar-refractivity contribution in [2.24, 2.45) is 4.99 Å². The van der Waals surface area contributed by atoms with Gasteiger partial charge in [0.15, 0.2) is 0 Å². The van der Waals surface area contributed by atoms with Crippen LogP contribution in [0.15, 0.2) is 41.4 Å². The first-order valence-corrected chi connectivity index (χ1v) is 6.85. The Balaban J connectivity index is 2.10. The van der Waals surface area contributed by atoms with Gasteiger partial charge in [-0.25, -0.2) is 4.99 Å². The first kappa shape index (κ1) is 14.5. The van der Waals surface area contributed by atoms with Gasteiger partial charge < -0.3 is 5.32 Å². The standard InChI is InChI=1S/C14H7Cl2N3O3/c15-10-3-1-7(5-11(10)16)17-13-9-6-8(19(21)22)2-4-12(9)18-14(13)20/h1-6H,(H,17,18,20). The number of hydrogen-bond acceptors (Lipinski definition) is 4. The molecule has 0 aromatic heterocycles. The van der Waals surface area contributed by atoms with Crippen LogP contribution in [0.2, 0.25) is 10.0 Å². The van der Waals surface area contributed by atoms with Gasteiger partial charge in [0.05, 0.1) is 26.3 Å². The summed E-state index contributed by atoms with van der Waals surface area (Å²) in [6, 6.07) is 8.78. The average Bonchev–Trinajstić information content (AvgIpc) is 2.78. The van der Waals surface area contributed by atoms with Gasteiger partial charge in [0.2, 0.25) is 0 Å². The zero-order valence-electron chi connectivity index (χ0n) is 10.8. The zero-order chi connectivity index (χ0) is 15.9. The number of fused-ring (bicyclic) bond motifs is 1. The third-order valence-corrected chi connectivity index (χ3v) is 3.82. The van der Waals surface area contributed by atoms with Crippen LogP contribution in [0.5, 0.6) is 0 Å². The topological polar surface area (TPSA) is 84.6 Å². The monoisotopic (exact) mass is 335 g/mol. The van der Waals surface area contributed by atoms with Crippen molar-refractivity contribution in [3.05, 3.63) is 62.1 Å². The molecule has 1 heterocycles. The van der Waals surface area contributed by atoms with Crippen molar-refractivity contribution in [1.29, 1.82) is 0 Å². The van der Waals surface area contributed by atoms with E-state index in [4.69, 9.17) is 23.2 Å². The van der Waals surface area contributed by atoms with E-state index in [-0.39, 0.29) is 11.4 Å². The third kappa shape index (κ3) is 2.54. The molecule has 6 nitrogen and oxygen atoms in total. The molecule has 22 heavy (non-hydrogen) atoms. The highest BCUT2D eigenvalue weighted by Gasteiger charge is 2.28. The summed E-state index contributed by atoms with van der Waals surface area (Å²) in [5.74, 6) is -0.429. The maximum atomic E-state index is 12.0. The molecule has 0 bridgehead atoms. The molecule has 0 atom stereocenters. The molecule has 1 N–H and O–H groups in total. The van der Waals surface area contributed by atoms with Gasteiger partial charge in [-0.1, -0.05) is 23.2 Å². The molecule has 0 saturated carbocycles. The van der Waals surface area contributed by atoms with E-state index in [0.29, 0.717) is 27.0 Å². The number of aliphatic imine (C=N–C) groups is 1. The summed E-state index contributed by atoms with van der Waals surface area (Å²) in [4.78, 5) is 26.5. The fraction of sp³-hybridized carbons (Fsp3) is 0. The van der Waals surface area contributed by atoms with Gasteiger partial charge in [-0.3, -0.25) is 14.9 Å². The molecule has 0 saturated heterocycles. The highest BCUT2D eigenvalue weighted by Crippen LogP contribution is 2.31. The van der Waals surface area contributed by atoms with E-state index >= 15 is 0 Å². The number of nitrogens with one attached hydrogen (secondary N) is 1. The van der Waals surface area contributed by atoms with Crippen LogP contribution in [0.4, 0.5) is 17.1 Å². The van der Waals surface area contributed by atoms with Gasteiger partial charge in [-0.2, -0.15) is 0 Å². The SMILES string of the molecule is O=C1Nc2ccc([N+](=O)[O-])cc2C1=Nc1ccc(Cl)c(Cl)c1. The van der Waals surface area contributed by atoms with Crippen molar-refractivity contribution < 1.29 is 9.72 Å². The first-order valence-electron chi connectivity index (χ1n) is 6.09. The smallest absolute Gasteiger partial charge is 0.275 e. The lowest BCUT2D eigenvalue weighted by atomic mass is 10.1. The minimum absolute atomic E-state index is 0.0945. The predicted octanol–water partition coefficient (Wildman–Crippen LogP) is 3.97. The molecule has 0 aliphatic carbocycles. The summed E-state index contributed by atoms with van der Waals surface area (Å²) >= 11 is 11.7. The molecule has 0 unspecified atom stereocenters. The maximum Gasteiger partial charge on any atom is 0.275 e. The number of hydrogen-bond donors (Lipinski definition) is 1. The molecular formula is C14H7Cl2N3O3. The van der Waals surface area contributed by atoms with Gasteiger partial charge in [0.1, 0.15) is 5.71 Å². The van der Waals surface area contributed by atoms with Gasteiger partial charge in [-0.05, 0) is 24.3 Å². The van der Waals surface area contributed by atoms with E-state index in [2.05, 4.69) is 10.3 Å². The summed E-state index contributed by atoms with van der Waals surface area (Å²) < 4.78 is 0. The van der Waals surface area contributed by atoms with Crippen molar-refractivity contribution in [2.45, 2.75) is 0 Å². The number of nitro benzene ring substituents is 1. The van der Waals surface area contributed by atoms with E-state index in [0.717, 1.165) is 0 Å². The molecule has 2 aromatic rings. The minimum Gasteiger partial charge on any atom is -0.320 e. The molecule has 1 amide bonds. The van der Waals surface area contributed by atoms with E-state index in [1.165, 1.54) is 24.3 Å². The predicted molar refractivity (Wildman–Crippen MR) is 84.4 cm³/mol. The minimum atomic E-state index is -0.528. The molecule has 1 aliphatic heterocycles. The number of carbonyl (C=O) groups excluding carboxylic acids is 1. The van der Waals surface area contributed by atoms with Gasteiger partial charge >= 0.3 is 0 Å². The highest BCUT2D eigenvalue weighted by atomic mass is 35.5. The van der Waals surface area contributed by atoms with Crippen LogP contribution in [-0.2, 0) is 4.79 Å². The number of rotatable bonds is 2. The van der Waals surface area contributed by atoms with E-state index in [1.54, 1.807) is 12.1 Å². The second kappa shape index (κ2) is 5.40. The number of nitrogens with zero attached hydrogens (tertiary/aromatic N) is 2. The van der Waals surface area contributed by atoms with Crippen molar-refractivity contribution >= 4 is 51.9 Å². The van der Waals surface area contributed by atoms with Crippen LogP contribution < -0.4 is 5.32 Å². The lowest BCUT2D eigenvalue weighted by Gasteiger charge is -2.00. The van der Waals surface area contributed by atoms with Crippen LogP contribution in [0.1, 0.15) is 5.56 Å². The lowest BCUT2D eigenvalue weighted by molar-refractivity contribution is -0.384. The van der Waals surface area contributed by atoms with Crippen molar-refractivity contribution in [3.8, 4) is 0 Å². The molecule has 0 radical (unpaired) electrons. The molecule has 3 rings (SSSR count). The Morgan fingerprint density at radius 2 is 1.86 bits per heavy atom. The van der Waals surface area contributed by atoms with Crippen molar-refractivity contribution in [1.82, 2.24) is 0 Å². The van der Waals surface area contributed by atoms with Crippen LogP contribution in [0, 0.1) is 10.1 Å². The second-order valence-corrected chi connectivity index (χ2v) is 5.31. The van der Waals surface area contributed by atoms with Gasteiger partial charge in [-0.15, -0.1) is 0 Å². The average molecular weight is 336 g/mol. The van der Waals surface area contributed by atoms with Crippen LogP contribution in [0.3, 0.4) is 0 Å². The fourth-order valence-corrected chi connectivity index (χ4v) is 2.34. The molecular weight excluding hydrogens is 329 g/mol. The Morgan fingerprint density at radius 1 is 1.09 bits per heavy atom. The Kier molecular flexibility index (Phi) is 3.56. The normalized spacial score (nSPS) is 14.8. The molecule has 8 heteroatoms. The number of amides is 1. The first-order chi connectivity index (χ1) is 10.5. The van der Waals surface area contributed by atoms with Crippen LogP contribution in [0.25, 0.3) is 0 Å². The van der Waals surface area contributed by atoms with Crippen molar-refractivity contribution in [2.75, 3.05) is 5.32 Å². The van der Waals surface area contributed by atoms with Gasteiger partial charge in [0, 0.05) is 17.7 Å². The zero-order valence-corrected chi connectivity index (χ0v) is 12.4. The van der Waals surface area contributed by atoms with Gasteiger partial charge in [0.25, 0.3) is 11.6 Å². The van der Waals surface area contributed by atoms with E-state index in [1.807, 2.05) is 0 Å². The summed E-state index contributed by atoms with van der Waals surface area (Å²) in [6.45, 7) is 0. The molecule has 0 spiro atoms. The lowest BCUT2D eigenvalue weighted by Crippen LogP contribution is -2.13. The van der Waals surface area contributed by atoms with Crippen LogP contribution >= 0.6 is 23.2 Å². The number of nitro groups is 1. The number of anilines is 1. The molecule has 1 aliphatic rings. The Bertz CT molecular complexity index is 849. The second-order valence-electron chi connectivity index (χ2n) is 4.50. The van der Waals surface area contributed by atoms with E-state index in [9.17, 15) is 14.9 Å².